The molecule has 7 heteroatoms. The molecular formula is C14H13FN2O3S. The number of benzene rings is 1. The normalized spacial score (nSPS) is 10.4. The van der Waals surface area contributed by atoms with Gasteiger partial charge in [-0.25, -0.2) is 14.2 Å². The average molecular weight is 308 g/mol. The fourth-order valence-corrected chi connectivity index (χ4v) is 2.64. The Labute approximate surface area is 124 Å². The molecule has 0 bridgehead atoms. The summed E-state index contributed by atoms with van der Waals surface area (Å²) in [7, 11) is 0. The molecule has 1 aromatic heterocycles. The number of halogens is 1. The maximum Gasteiger partial charge on any atom is 0.347 e. The largest absolute Gasteiger partial charge is 0.477 e. The van der Waals surface area contributed by atoms with Crippen molar-refractivity contribution in [1.82, 2.24) is 10.3 Å². The fourth-order valence-electron chi connectivity index (χ4n) is 1.80. The first-order chi connectivity index (χ1) is 9.90. The van der Waals surface area contributed by atoms with E-state index >= 15 is 0 Å². The van der Waals surface area contributed by atoms with Gasteiger partial charge in [-0.05, 0) is 25.5 Å². The summed E-state index contributed by atoms with van der Waals surface area (Å²) < 4.78 is 13.8. The third-order valence-corrected chi connectivity index (χ3v) is 4.02. The lowest BCUT2D eigenvalue weighted by atomic mass is 10.1. The van der Waals surface area contributed by atoms with Gasteiger partial charge in [0, 0.05) is 0 Å². The molecule has 1 aromatic carbocycles. The molecule has 0 aliphatic carbocycles. The first-order valence-electron chi connectivity index (χ1n) is 6.13. The maximum absolute atomic E-state index is 13.8. The molecule has 0 radical (unpaired) electrons. The molecule has 2 aromatic rings. The number of amides is 1. The Morgan fingerprint density at radius 1 is 1.38 bits per heavy atom. The quantitative estimate of drug-likeness (QED) is 0.909. The molecule has 1 amide bonds. The van der Waals surface area contributed by atoms with Crippen molar-refractivity contribution in [3.8, 4) is 0 Å². The van der Waals surface area contributed by atoms with Gasteiger partial charge in [-0.15, -0.1) is 11.3 Å². The maximum atomic E-state index is 13.8. The van der Waals surface area contributed by atoms with Gasteiger partial charge in [-0.2, -0.15) is 0 Å². The topological polar surface area (TPSA) is 79.3 Å². The molecule has 0 spiro atoms. The number of rotatable bonds is 4. The summed E-state index contributed by atoms with van der Waals surface area (Å²) >= 11 is 0.993. The zero-order chi connectivity index (χ0) is 15.6. The molecule has 21 heavy (non-hydrogen) atoms. The van der Waals surface area contributed by atoms with Gasteiger partial charge < -0.3 is 10.4 Å². The van der Waals surface area contributed by atoms with E-state index in [1.54, 1.807) is 26.0 Å². The van der Waals surface area contributed by atoms with Crippen LogP contribution in [0.4, 0.5) is 4.39 Å². The van der Waals surface area contributed by atoms with Crippen molar-refractivity contribution in [2.45, 2.75) is 20.4 Å². The number of hydrogen-bond acceptors (Lipinski definition) is 4. The number of thiazole rings is 1. The number of aromatic nitrogens is 1. The number of nitrogens with one attached hydrogen (secondary N) is 1. The third kappa shape index (κ3) is 3.25. The molecule has 0 aliphatic rings. The van der Waals surface area contributed by atoms with Crippen LogP contribution in [0.3, 0.4) is 0 Å². The Morgan fingerprint density at radius 3 is 2.71 bits per heavy atom. The van der Waals surface area contributed by atoms with Gasteiger partial charge in [-0.3, -0.25) is 4.79 Å². The van der Waals surface area contributed by atoms with Crippen molar-refractivity contribution in [1.29, 1.82) is 0 Å². The van der Waals surface area contributed by atoms with Crippen LogP contribution in [0.1, 0.15) is 36.3 Å². The summed E-state index contributed by atoms with van der Waals surface area (Å²) in [5.41, 5.74) is 0.751. The van der Waals surface area contributed by atoms with Crippen LogP contribution in [0.25, 0.3) is 0 Å². The van der Waals surface area contributed by atoms with Crippen molar-refractivity contribution >= 4 is 23.2 Å². The molecule has 110 valence electrons. The minimum atomic E-state index is -1.05. The Bertz CT molecular complexity index is 712. The third-order valence-electron chi connectivity index (χ3n) is 2.87. The van der Waals surface area contributed by atoms with Crippen molar-refractivity contribution in [3.63, 3.8) is 0 Å². The molecule has 5 nitrogen and oxygen atoms in total. The summed E-state index contributed by atoms with van der Waals surface area (Å²) in [4.78, 5) is 27.0. The zero-order valence-corrected chi connectivity index (χ0v) is 12.3. The SMILES string of the molecule is Cc1cccc(C(=O)NCc2nc(C)c(C(=O)O)s2)c1F. The van der Waals surface area contributed by atoms with Gasteiger partial charge >= 0.3 is 5.97 Å². The van der Waals surface area contributed by atoms with Crippen molar-refractivity contribution in [2.24, 2.45) is 0 Å². The fraction of sp³-hybridized carbons (Fsp3) is 0.214. The lowest BCUT2D eigenvalue weighted by Crippen LogP contribution is -2.24. The van der Waals surface area contributed by atoms with Gasteiger partial charge in [0.2, 0.25) is 0 Å². The highest BCUT2D eigenvalue weighted by Crippen LogP contribution is 2.18. The van der Waals surface area contributed by atoms with E-state index in [1.165, 1.54) is 6.07 Å². The molecule has 0 atom stereocenters. The minimum absolute atomic E-state index is 0.0401. The number of carboxylic acids is 1. The lowest BCUT2D eigenvalue weighted by molar-refractivity contribution is 0.0701. The number of nitrogens with zero attached hydrogens (tertiary/aromatic N) is 1. The number of carbonyl (C=O) groups is 2. The van der Waals surface area contributed by atoms with E-state index in [4.69, 9.17) is 5.11 Å². The summed E-state index contributed by atoms with van der Waals surface area (Å²) in [5.74, 6) is -2.16. The average Bonchev–Trinajstić information content (AvgIpc) is 2.80. The molecule has 0 aliphatic heterocycles. The molecule has 2 rings (SSSR count). The Kier molecular flexibility index (Phi) is 4.32. The summed E-state index contributed by atoms with van der Waals surface area (Å²) in [5, 5.41) is 11.9. The number of carboxylic acid groups (broad SMARTS) is 1. The molecular weight excluding hydrogens is 295 g/mol. The highest BCUT2D eigenvalue weighted by atomic mass is 32.1. The Hall–Kier alpha value is -2.28. The predicted molar refractivity (Wildman–Crippen MR) is 76.1 cm³/mol. The van der Waals surface area contributed by atoms with E-state index in [1.807, 2.05) is 0 Å². The highest BCUT2D eigenvalue weighted by molar-refractivity contribution is 7.13. The van der Waals surface area contributed by atoms with Crippen LogP contribution in [-0.4, -0.2) is 22.0 Å². The van der Waals surface area contributed by atoms with Crippen LogP contribution in [0.2, 0.25) is 0 Å². The lowest BCUT2D eigenvalue weighted by Gasteiger charge is -2.05. The molecule has 1 heterocycles. The van der Waals surface area contributed by atoms with Gasteiger partial charge in [0.25, 0.3) is 5.91 Å². The molecule has 0 unspecified atom stereocenters. The summed E-state index contributed by atoms with van der Waals surface area (Å²) in [6.07, 6.45) is 0. The van der Waals surface area contributed by atoms with Gasteiger partial charge in [-0.1, -0.05) is 12.1 Å². The van der Waals surface area contributed by atoms with E-state index < -0.39 is 17.7 Å². The van der Waals surface area contributed by atoms with Crippen LogP contribution in [0, 0.1) is 19.7 Å². The Morgan fingerprint density at radius 2 is 2.10 bits per heavy atom. The van der Waals surface area contributed by atoms with E-state index in [2.05, 4.69) is 10.3 Å². The first-order valence-corrected chi connectivity index (χ1v) is 6.94. The van der Waals surface area contributed by atoms with Crippen LogP contribution in [0.5, 0.6) is 0 Å². The van der Waals surface area contributed by atoms with Crippen molar-refractivity contribution in [3.05, 3.63) is 50.7 Å². The van der Waals surface area contributed by atoms with Crippen molar-refractivity contribution < 1.29 is 19.1 Å². The minimum Gasteiger partial charge on any atom is -0.477 e. The number of hydrogen-bond donors (Lipinski definition) is 2. The van der Waals surface area contributed by atoms with Gasteiger partial charge in [0.15, 0.2) is 0 Å². The molecule has 0 saturated carbocycles. The second kappa shape index (κ2) is 6.01. The molecule has 0 saturated heterocycles. The molecule has 0 fully saturated rings. The Balaban J connectivity index is 2.09. The van der Waals surface area contributed by atoms with E-state index in [9.17, 15) is 14.0 Å². The monoisotopic (exact) mass is 308 g/mol. The van der Waals surface area contributed by atoms with E-state index in [0.29, 0.717) is 16.3 Å². The summed E-state index contributed by atoms with van der Waals surface area (Å²) in [6, 6.07) is 4.58. The van der Waals surface area contributed by atoms with Crippen LogP contribution >= 0.6 is 11.3 Å². The number of carbonyl (C=O) groups excluding carboxylic acids is 1. The van der Waals surface area contributed by atoms with Crippen molar-refractivity contribution in [2.75, 3.05) is 0 Å². The van der Waals surface area contributed by atoms with Crippen LogP contribution in [-0.2, 0) is 6.54 Å². The zero-order valence-electron chi connectivity index (χ0n) is 11.4. The van der Waals surface area contributed by atoms with E-state index in [0.717, 1.165) is 11.3 Å². The number of aromatic carboxylic acids is 1. The summed E-state index contributed by atoms with van der Waals surface area (Å²) in [6.45, 7) is 3.23. The predicted octanol–water partition coefficient (Wildman–Crippen LogP) is 2.53. The standard InChI is InChI=1S/C14H13FN2O3S/c1-7-4-3-5-9(11(7)15)13(18)16-6-10-17-8(2)12(21-10)14(19)20/h3-5H,6H2,1-2H3,(H,16,18)(H,19,20). The highest BCUT2D eigenvalue weighted by Gasteiger charge is 2.16. The van der Waals surface area contributed by atoms with Gasteiger partial charge in [0.1, 0.15) is 15.7 Å². The molecule has 2 N–H and O–H groups in total. The van der Waals surface area contributed by atoms with Crippen LogP contribution < -0.4 is 5.32 Å². The van der Waals surface area contributed by atoms with Gasteiger partial charge in [0.05, 0.1) is 17.8 Å². The van der Waals surface area contributed by atoms with Crippen LogP contribution in [0.15, 0.2) is 18.2 Å². The second-order valence-electron chi connectivity index (χ2n) is 4.45. The van der Waals surface area contributed by atoms with E-state index in [-0.39, 0.29) is 17.0 Å². The second-order valence-corrected chi connectivity index (χ2v) is 5.53. The number of aryl methyl sites for hydroxylation is 2. The smallest absolute Gasteiger partial charge is 0.347 e. The first kappa shape index (κ1) is 15.1.